The van der Waals surface area contributed by atoms with Crippen molar-refractivity contribution in [2.75, 3.05) is 6.54 Å². The van der Waals surface area contributed by atoms with Crippen molar-refractivity contribution in [1.82, 2.24) is 14.9 Å². The van der Waals surface area contributed by atoms with E-state index in [1.54, 1.807) is 0 Å². The van der Waals surface area contributed by atoms with E-state index in [1.165, 1.54) is 42.3 Å². The van der Waals surface area contributed by atoms with Gasteiger partial charge in [0.25, 0.3) is 0 Å². The Hall–Kier alpha value is -1.35. The lowest BCUT2D eigenvalue weighted by atomic mass is 10.1. The molecule has 3 nitrogen and oxygen atoms in total. The minimum absolute atomic E-state index is 0.606. The zero-order chi connectivity index (χ0) is 15.2. The number of unbranched alkanes of at least 4 members (excludes halogenated alkanes) is 3. The number of nitrogens with one attached hydrogen (secondary N) is 1. The van der Waals surface area contributed by atoms with Crippen LogP contribution in [0.5, 0.6) is 0 Å². The second kappa shape index (κ2) is 7.60. The molecule has 0 unspecified atom stereocenters. The highest BCUT2D eigenvalue weighted by Crippen LogP contribution is 2.19. The summed E-state index contributed by atoms with van der Waals surface area (Å²) in [7, 11) is 0. The molecule has 1 N–H and O–H groups in total. The first-order chi connectivity index (χ1) is 10.1. The van der Waals surface area contributed by atoms with E-state index in [0.717, 1.165) is 18.6 Å². The Morgan fingerprint density at radius 1 is 1.05 bits per heavy atom. The van der Waals surface area contributed by atoms with Crippen LogP contribution >= 0.6 is 0 Å². The average molecular weight is 287 g/mol. The normalized spacial score (nSPS) is 11.7. The molecule has 0 aliphatic heterocycles. The number of hydrogen-bond donors (Lipinski definition) is 1. The van der Waals surface area contributed by atoms with E-state index < -0.39 is 0 Å². The molecule has 0 fully saturated rings. The molecule has 0 aliphatic rings. The summed E-state index contributed by atoms with van der Waals surface area (Å²) in [6.07, 6.45) is 7.11. The summed E-state index contributed by atoms with van der Waals surface area (Å²) in [5, 5.41) is 3.47. The maximum Gasteiger partial charge on any atom is 0.0958 e. The van der Waals surface area contributed by atoms with Gasteiger partial charge in [-0.25, -0.2) is 4.98 Å². The number of nitrogens with zero attached hydrogens (tertiary/aromatic N) is 2. The molecule has 0 amide bonds. The molecular weight excluding hydrogens is 258 g/mol. The minimum atomic E-state index is 0.606. The Morgan fingerprint density at radius 3 is 2.52 bits per heavy atom. The van der Waals surface area contributed by atoms with Crippen LogP contribution in [0.4, 0.5) is 0 Å². The molecule has 2 rings (SSSR count). The topological polar surface area (TPSA) is 29.9 Å². The minimum Gasteiger partial charge on any atom is -0.331 e. The fourth-order valence-corrected chi connectivity index (χ4v) is 2.64. The van der Waals surface area contributed by atoms with Gasteiger partial charge in [-0.2, -0.15) is 0 Å². The van der Waals surface area contributed by atoms with Gasteiger partial charge in [-0.3, -0.25) is 0 Å². The number of rotatable bonds is 8. The van der Waals surface area contributed by atoms with Gasteiger partial charge in [-0.1, -0.05) is 26.7 Å². The molecule has 116 valence electrons. The maximum atomic E-state index is 4.52. The van der Waals surface area contributed by atoms with Crippen molar-refractivity contribution in [3.8, 4) is 0 Å². The summed E-state index contributed by atoms with van der Waals surface area (Å²) in [6, 6.07) is 5.07. The first-order valence-electron chi connectivity index (χ1n) is 8.23. The van der Waals surface area contributed by atoms with Crippen LogP contribution in [0.15, 0.2) is 18.5 Å². The molecule has 0 atom stereocenters. The molecule has 1 aromatic heterocycles. The summed E-state index contributed by atoms with van der Waals surface area (Å²) < 4.78 is 2.30. The highest BCUT2D eigenvalue weighted by atomic mass is 15.0. The van der Waals surface area contributed by atoms with Gasteiger partial charge in [0, 0.05) is 12.6 Å². The van der Waals surface area contributed by atoms with Crippen LogP contribution in [0.25, 0.3) is 11.0 Å². The Balaban J connectivity index is 1.78. The van der Waals surface area contributed by atoms with Crippen LogP contribution in [-0.4, -0.2) is 22.1 Å². The Morgan fingerprint density at radius 2 is 1.76 bits per heavy atom. The van der Waals surface area contributed by atoms with E-state index in [-0.39, 0.29) is 0 Å². The second-order valence-corrected chi connectivity index (χ2v) is 6.39. The monoisotopic (exact) mass is 287 g/mol. The summed E-state index contributed by atoms with van der Waals surface area (Å²) in [5.41, 5.74) is 5.08. The number of aryl methyl sites for hydroxylation is 3. The van der Waals surface area contributed by atoms with Crippen molar-refractivity contribution in [2.24, 2.45) is 0 Å². The lowest BCUT2D eigenvalue weighted by Crippen LogP contribution is -2.23. The third-order valence-corrected chi connectivity index (χ3v) is 4.11. The molecule has 0 bridgehead atoms. The van der Waals surface area contributed by atoms with E-state index in [1.807, 2.05) is 6.33 Å². The molecule has 21 heavy (non-hydrogen) atoms. The van der Waals surface area contributed by atoms with Crippen molar-refractivity contribution >= 4 is 11.0 Å². The van der Waals surface area contributed by atoms with Crippen molar-refractivity contribution in [2.45, 2.75) is 66.0 Å². The van der Waals surface area contributed by atoms with Crippen LogP contribution in [-0.2, 0) is 6.54 Å². The van der Waals surface area contributed by atoms with E-state index in [0.29, 0.717) is 6.04 Å². The van der Waals surface area contributed by atoms with Crippen LogP contribution in [0.2, 0.25) is 0 Å². The van der Waals surface area contributed by atoms with Crippen molar-refractivity contribution in [3.63, 3.8) is 0 Å². The average Bonchev–Trinajstić information content (AvgIpc) is 2.80. The predicted octanol–water partition coefficient (Wildman–Crippen LogP) is 4.21. The number of benzene rings is 1. The molecular formula is C18H29N3. The molecule has 3 heteroatoms. The largest absolute Gasteiger partial charge is 0.331 e. The van der Waals surface area contributed by atoms with Gasteiger partial charge >= 0.3 is 0 Å². The standard InChI is InChI=1S/C18H29N3/c1-14(2)19-9-7-5-6-8-10-21-13-20-17-11-15(3)16(4)12-18(17)21/h11-14,19H,5-10H2,1-4H3. The molecule has 0 spiro atoms. The predicted molar refractivity (Wildman–Crippen MR) is 90.8 cm³/mol. The summed E-state index contributed by atoms with van der Waals surface area (Å²) in [6.45, 7) is 11.0. The molecule has 0 saturated heterocycles. The molecule has 1 heterocycles. The van der Waals surface area contributed by atoms with Gasteiger partial charge in [0.05, 0.1) is 17.4 Å². The second-order valence-electron chi connectivity index (χ2n) is 6.39. The van der Waals surface area contributed by atoms with Crippen LogP contribution < -0.4 is 5.32 Å². The van der Waals surface area contributed by atoms with Gasteiger partial charge in [0.15, 0.2) is 0 Å². The van der Waals surface area contributed by atoms with Gasteiger partial charge < -0.3 is 9.88 Å². The molecule has 0 radical (unpaired) electrons. The first-order valence-corrected chi connectivity index (χ1v) is 8.23. The fourth-order valence-electron chi connectivity index (χ4n) is 2.64. The summed E-state index contributed by atoms with van der Waals surface area (Å²) in [4.78, 5) is 4.52. The number of aromatic nitrogens is 2. The van der Waals surface area contributed by atoms with Crippen LogP contribution in [0.3, 0.4) is 0 Å². The van der Waals surface area contributed by atoms with Gasteiger partial charge in [0.2, 0.25) is 0 Å². The SMILES string of the molecule is Cc1cc2ncn(CCCCCCNC(C)C)c2cc1C. The highest BCUT2D eigenvalue weighted by molar-refractivity contribution is 5.77. The smallest absolute Gasteiger partial charge is 0.0958 e. The van der Waals surface area contributed by atoms with Gasteiger partial charge in [0.1, 0.15) is 0 Å². The molecule has 1 aromatic carbocycles. The lowest BCUT2D eigenvalue weighted by molar-refractivity contribution is 0.528. The summed E-state index contributed by atoms with van der Waals surface area (Å²) >= 11 is 0. The zero-order valence-corrected chi connectivity index (χ0v) is 13.9. The van der Waals surface area contributed by atoms with Crippen molar-refractivity contribution in [1.29, 1.82) is 0 Å². The highest BCUT2D eigenvalue weighted by Gasteiger charge is 2.04. The van der Waals surface area contributed by atoms with Gasteiger partial charge in [-0.05, 0) is 56.5 Å². The van der Waals surface area contributed by atoms with Crippen LogP contribution in [0, 0.1) is 13.8 Å². The molecule has 0 saturated carbocycles. The van der Waals surface area contributed by atoms with Crippen molar-refractivity contribution < 1.29 is 0 Å². The maximum absolute atomic E-state index is 4.52. The molecule has 0 aliphatic carbocycles. The first kappa shape index (κ1) is 16.0. The van der Waals surface area contributed by atoms with E-state index in [9.17, 15) is 0 Å². The van der Waals surface area contributed by atoms with Crippen molar-refractivity contribution in [3.05, 3.63) is 29.6 Å². The van der Waals surface area contributed by atoms with Gasteiger partial charge in [-0.15, -0.1) is 0 Å². The summed E-state index contributed by atoms with van der Waals surface area (Å²) in [5.74, 6) is 0. The van der Waals surface area contributed by atoms with Crippen LogP contribution in [0.1, 0.15) is 50.7 Å². The van der Waals surface area contributed by atoms with E-state index in [4.69, 9.17) is 0 Å². The number of fused-ring (bicyclic) bond motifs is 1. The molecule has 2 aromatic rings. The lowest BCUT2D eigenvalue weighted by Gasteiger charge is -2.08. The van der Waals surface area contributed by atoms with E-state index >= 15 is 0 Å². The van der Waals surface area contributed by atoms with E-state index in [2.05, 4.69) is 54.7 Å². The Labute approximate surface area is 128 Å². The Kier molecular flexibility index (Phi) is 5.80. The quantitative estimate of drug-likeness (QED) is 0.737. The zero-order valence-electron chi connectivity index (χ0n) is 13.9. The number of imidazole rings is 1. The number of hydrogen-bond acceptors (Lipinski definition) is 2. The third-order valence-electron chi connectivity index (χ3n) is 4.11. The fraction of sp³-hybridized carbons (Fsp3) is 0.611. The Bertz CT molecular complexity index is 569. The third kappa shape index (κ3) is 4.57.